The number of hydrogen-bond donors (Lipinski definition) is 2. The molecule has 0 aliphatic heterocycles. The highest BCUT2D eigenvalue weighted by Gasteiger charge is 2.11. The van der Waals surface area contributed by atoms with Crippen LogP contribution in [0.4, 0.5) is 17.3 Å². The standard InChI is InChI=1S/C21H20N4O4/c1-3-29-17-9-7-15(8-10-17)24-21-22-12-11-18(25-21)19(26)23-16-6-4-5-14(13-16)20(27)28-2/h4-13H,3H2,1-2H3,(H,23,26)(H,22,24,25). The summed E-state index contributed by atoms with van der Waals surface area (Å²) in [5, 5.41) is 5.75. The summed E-state index contributed by atoms with van der Waals surface area (Å²) in [6.45, 7) is 2.51. The molecule has 8 nitrogen and oxygen atoms in total. The highest BCUT2D eigenvalue weighted by Crippen LogP contribution is 2.18. The highest BCUT2D eigenvalue weighted by molar-refractivity contribution is 6.03. The van der Waals surface area contributed by atoms with Gasteiger partial charge in [0.25, 0.3) is 5.91 Å². The van der Waals surface area contributed by atoms with E-state index < -0.39 is 11.9 Å². The van der Waals surface area contributed by atoms with E-state index in [2.05, 4.69) is 25.3 Å². The zero-order chi connectivity index (χ0) is 20.6. The zero-order valence-electron chi connectivity index (χ0n) is 16.0. The van der Waals surface area contributed by atoms with Crippen molar-refractivity contribution < 1.29 is 19.1 Å². The number of methoxy groups -OCH3 is 1. The lowest BCUT2D eigenvalue weighted by Gasteiger charge is -2.09. The maximum atomic E-state index is 12.5. The fraction of sp³-hybridized carbons (Fsp3) is 0.143. The maximum absolute atomic E-state index is 12.5. The number of benzene rings is 2. The van der Waals surface area contributed by atoms with Gasteiger partial charge in [0.05, 0.1) is 19.3 Å². The van der Waals surface area contributed by atoms with Gasteiger partial charge in [-0.3, -0.25) is 4.79 Å². The molecule has 0 saturated heterocycles. The van der Waals surface area contributed by atoms with E-state index >= 15 is 0 Å². The van der Waals surface area contributed by atoms with Crippen molar-refractivity contribution in [1.82, 2.24) is 9.97 Å². The molecule has 1 aromatic heterocycles. The molecule has 148 valence electrons. The van der Waals surface area contributed by atoms with Crippen molar-refractivity contribution in [3.05, 3.63) is 72.1 Å². The summed E-state index contributed by atoms with van der Waals surface area (Å²) in [4.78, 5) is 32.5. The smallest absolute Gasteiger partial charge is 0.337 e. The van der Waals surface area contributed by atoms with Crippen LogP contribution < -0.4 is 15.4 Å². The first-order valence-corrected chi connectivity index (χ1v) is 8.91. The van der Waals surface area contributed by atoms with Gasteiger partial charge in [-0.05, 0) is 55.5 Å². The Labute approximate surface area is 167 Å². The fourth-order valence-corrected chi connectivity index (χ4v) is 2.51. The first kappa shape index (κ1) is 19.8. The number of amides is 1. The van der Waals surface area contributed by atoms with Crippen LogP contribution in [-0.2, 0) is 4.74 Å². The number of hydrogen-bond acceptors (Lipinski definition) is 7. The third-order valence-corrected chi connectivity index (χ3v) is 3.85. The summed E-state index contributed by atoms with van der Waals surface area (Å²) < 4.78 is 10.1. The Morgan fingerprint density at radius 1 is 1.03 bits per heavy atom. The Morgan fingerprint density at radius 3 is 2.55 bits per heavy atom. The average molecular weight is 392 g/mol. The molecular formula is C21H20N4O4. The minimum Gasteiger partial charge on any atom is -0.494 e. The number of nitrogens with zero attached hydrogens (tertiary/aromatic N) is 2. The number of aromatic nitrogens is 2. The lowest BCUT2D eigenvalue weighted by atomic mass is 10.2. The quantitative estimate of drug-likeness (QED) is 0.592. The summed E-state index contributed by atoms with van der Waals surface area (Å²) >= 11 is 0. The molecule has 3 aromatic rings. The number of rotatable bonds is 7. The Morgan fingerprint density at radius 2 is 1.83 bits per heavy atom. The number of esters is 1. The minimum atomic E-state index is -0.482. The van der Waals surface area contributed by atoms with Gasteiger partial charge in [-0.2, -0.15) is 0 Å². The molecule has 0 atom stereocenters. The second-order valence-electron chi connectivity index (χ2n) is 5.87. The van der Waals surface area contributed by atoms with Crippen molar-refractivity contribution in [2.75, 3.05) is 24.4 Å². The predicted molar refractivity (Wildman–Crippen MR) is 109 cm³/mol. The van der Waals surface area contributed by atoms with Crippen LogP contribution in [0.3, 0.4) is 0 Å². The summed E-state index contributed by atoms with van der Waals surface area (Å²) in [6, 6.07) is 15.3. The van der Waals surface area contributed by atoms with Gasteiger partial charge in [-0.25, -0.2) is 14.8 Å². The first-order valence-electron chi connectivity index (χ1n) is 8.91. The van der Waals surface area contributed by atoms with E-state index in [1.165, 1.54) is 25.4 Å². The molecule has 0 bridgehead atoms. The van der Waals surface area contributed by atoms with Crippen LogP contribution in [0.25, 0.3) is 0 Å². The van der Waals surface area contributed by atoms with E-state index in [0.717, 1.165) is 11.4 Å². The average Bonchev–Trinajstić information content (AvgIpc) is 2.75. The zero-order valence-corrected chi connectivity index (χ0v) is 16.0. The predicted octanol–water partition coefficient (Wildman–Crippen LogP) is 3.66. The largest absolute Gasteiger partial charge is 0.494 e. The van der Waals surface area contributed by atoms with Crippen LogP contribution in [0.15, 0.2) is 60.8 Å². The van der Waals surface area contributed by atoms with E-state index in [-0.39, 0.29) is 11.6 Å². The topological polar surface area (TPSA) is 102 Å². The molecule has 2 aromatic carbocycles. The Balaban J connectivity index is 1.70. The van der Waals surface area contributed by atoms with Crippen molar-refractivity contribution in [2.24, 2.45) is 0 Å². The van der Waals surface area contributed by atoms with Crippen LogP contribution in [0.1, 0.15) is 27.8 Å². The summed E-state index contributed by atoms with van der Waals surface area (Å²) in [7, 11) is 1.30. The van der Waals surface area contributed by atoms with Crippen LogP contribution >= 0.6 is 0 Å². The molecule has 8 heteroatoms. The summed E-state index contributed by atoms with van der Waals surface area (Å²) in [5.74, 6) is 0.139. The van der Waals surface area contributed by atoms with E-state index in [9.17, 15) is 9.59 Å². The van der Waals surface area contributed by atoms with E-state index in [1.54, 1.807) is 18.2 Å². The van der Waals surface area contributed by atoms with Gasteiger partial charge in [0.2, 0.25) is 5.95 Å². The molecule has 3 rings (SSSR count). The van der Waals surface area contributed by atoms with Crippen molar-refractivity contribution in [2.45, 2.75) is 6.92 Å². The van der Waals surface area contributed by atoms with E-state index in [4.69, 9.17) is 4.74 Å². The summed E-state index contributed by atoms with van der Waals surface area (Å²) in [5.41, 5.74) is 1.73. The van der Waals surface area contributed by atoms with Gasteiger partial charge >= 0.3 is 5.97 Å². The van der Waals surface area contributed by atoms with Crippen molar-refractivity contribution in [3.8, 4) is 5.75 Å². The molecule has 0 aliphatic rings. The first-order chi connectivity index (χ1) is 14.1. The van der Waals surface area contributed by atoms with Crippen LogP contribution in [0.2, 0.25) is 0 Å². The van der Waals surface area contributed by atoms with Crippen LogP contribution in [-0.4, -0.2) is 35.6 Å². The lowest BCUT2D eigenvalue weighted by molar-refractivity contribution is 0.0600. The normalized spacial score (nSPS) is 10.1. The van der Waals surface area contributed by atoms with E-state index in [0.29, 0.717) is 17.9 Å². The SMILES string of the molecule is CCOc1ccc(Nc2nccc(C(=O)Nc3cccc(C(=O)OC)c3)n2)cc1. The monoisotopic (exact) mass is 392 g/mol. The molecule has 0 unspecified atom stereocenters. The Hall–Kier alpha value is -3.94. The molecule has 0 aliphatic carbocycles. The van der Waals surface area contributed by atoms with Gasteiger partial charge < -0.3 is 20.1 Å². The van der Waals surface area contributed by atoms with Crippen LogP contribution in [0, 0.1) is 0 Å². The fourth-order valence-electron chi connectivity index (χ4n) is 2.51. The summed E-state index contributed by atoms with van der Waals surface area (Å²) in [6.07, 6.45) is 1.49. The van der Waals surface area contributed by atoms with Gasteiger partial charge in [0, 0.05) is 17.6 Å². The van der Waals surface area contributed by atoms with E-state index in [1.807, 2.05) is 31.2 Å². The molecule has 29 heavy (non-hydrogen) atoms. The second kappa shape index (κ2) is 9.32. The molecule has 0 fully saturated rings. The second-order valence-corrected chi connectivity index (χ2v) is 5.87. The number of nitrogens with one attached hydrogen (secondary N) is 2. The van der Waals surface area contributed by atoms with Gasteiger partial charge in [-0.1, -0.05) is 6.07 Å². The third kappa shape index (κ3) is 5.29. The molecule has 1 amide bonds. The van der Waals surface area contributed by atoms with Crippen LogP contribution in [0.5, 0.6) is 5.75 Å². The van der Waals surface area contributed by atoms with Crippen molar-refractivity contribution in [1.29, 1.82) is 0 Å². The Bertz CT molecular complexity index is 1010. The van der Waals surface area contributed by atoms with Gasteiger partial charge in [0.1, 0.15) is 11.4 Å². The number of anilines is 3. The molecule has 2 N–H and O–H groups in total. The molecular weight excluding hydrogens is 372 g/mol. The molecule has 1 heterocycles. The lowest BCUT2D eigenvalue weighted by Crippen LogP contribution is -2.15. The molecule has 0 spiro atoms. The molecule has 0 saturated carbocycles. The number of ether oxygens (including phenoxy) is 2. The number of carbonyl (C=O) groups is 2. The third-order valence-electron chi connectivity index (χ3n) is 3.85. The molecule has 0 radical (unpaired) electrons. The van der Waals surface area contributed by atoms with Gasteiger partial charge in [-0.15, -0.1) is 0 Å². The number of carbonyl (C=O) groups excluding carboxylic acids is 2. The minimum absolute atomic E-state index is 0.178. The van der Waals surface area contributed by atoms with Gasteiger partial charge in [0.15, 0.2) is 0 Å². The van der Waals surface area contributed by atoms with Crippen molar-refractivity contribution in [3.63, 3.8) is 0 Å². The Kier molecular flexibility index (Phi) is 6.36. The van der Waals surface area contributed by atoms with Crippen molar-refractivity contribution >= 4 is 29.2 Å². The highest BCUT2D eigenvalue weighted by atomic mass is 16.5. The maximum Gasteiger partial charge on any atom is 0.337 e.